The topological polar surface area (TPSA) is 78.0 Å². The third-order valence-corrected chi connectivity index (χ3v) is 6.54. The summed E-state index contributed by atoms with van der Waals surface area (Å²) in [4.78, 5) is 19.0. The third kappa shape index (κ3) is 9.41. The molecule has 1 saturated heterocycles. The molecule has 2 fully saturated rings. The zero-order valence-corrected chi connectivity index (χ0v) is 22.8. The molecule has 186 valence electrons. The van der Waals surface area contributed by atoms with E-state index in [2.05, 4.69) is 45.8 Å². The summed E-state index contributed by atoms with van der Waals surface area (Å²) in [6, 6.07) is 8.02. The van der Waals surface area contributed by atoms with Crippen LogP contribution in [0.25, 0.3) is 0 Å². The summed E-state index contributed by atoms with van der Waals surface area (Å²) in [6.07, 6.45) is 5.72. The van der Waals surface area contributed by atoms with Gasteiger partial charge in [-0.3, -0.25) is 14.7 Å². The number of carbonyl (C=O) groups excluding carboxylic acids is 1. The Kier molecular flexibility index (Phi) is 11.9. The maximum atomic E-state index is 12.4. The molecule has 1 aliphatic heterocycles. The van der Waals surface area contributed by atoms with Crippen molar-refractivity contribution in [3.8, 4) is 0 Å². The fourth-order valence-corrected chi connectivity index (χ4v) is 4.74. The summed E-state index contributed by atoms with van der Waals surface area (Å²) >= 11 is 0. The number of amides is 1. The molecule has 0 atom stereocenters. The first-order valence-electron chi connectivity index (χ1n) is 12.1. The first kappa shape index (κ1) is 27.9. The standard InChI is InChI=1S/C25H41N5O2.HI/c1-20(2)17-25(9-5-10-25)19-28-24(26-3)27-18-21-6-4-7-22(16-21)29-23(31)8-11-30-12-14-32-15-13-30;/h4,6-7,16,20H,5,8-15,17-19H2,1-3H3,(H,29,31)(H2,26,27,28);1H. The Hall–Kier alpha value is -1.39. The highest BCUT2D eigenvalue weighted by atomic mass is 127. The Morgan fingerprint density at radius 1 is 1.21 bits per heavy atom. The van der Waals surface area contributed by atoms with E-state index in [1.165, 1.54) is 25.7 Å². The van der Waals surface area contributed by atoms with E-state index < -0.39 is 0 Å². The highest BCUT2D eigenvalue weighted by Crippen LogP contribution is 2.45. The number of rotatable bonds is 10. The number of nitrogens with one attached hydrogen (secondary N) is 3. The van der Waals surface area contributed by atoms with Crippen molar-refractivity contribution < 1.29 is 9.53 Å². The van der Waals surface area contributed by atoms with Gasteiger partial charge < -0.3 is 20.7 Å². The molecule has 1 amide bonds. The normalized spacial score (nSPS) is 18.2. The fourth-order valence-electron chi connectivity index (χ4n) is 4.74. The van der Waals surface area contributed by atoms with Gasteiger partial charge in [0.15, 0.2) is 5.96 Å². The van der Waals surface area contributed by atoms with Crippen LogP contribution >= 0.6 is 24.0 Å². The SMILES string of the molecule is CN=C(NCc1cccc(NC(=O)CCN2CCOCC2)c1)NCC1(CC(C)C)CCC1.I. The molecule has 1 aromatic rings. The minimum absolute atomic E-state index is 0. The molecule has 3 rings (SSSR count). The molecule has 33 heavy (non-hydrogen) atoms. The maximum Gasteiger partial charge on any atom is 0.225 e. The number of ether oxygens (including phenoxy) is 1. The Morgan fingerprint density at radius 2 is 1.97 bits per heavy atom. The van der Waals surface area contributed by atoms with Crippen LogP contribution in [-0.2, 0) is 16.1 Å². The van der Waals surface area contributed by atoms with Gasteiger partial charge in [-0.05, 0) is 48.3 Å². The third-order valence-electron chi connectivity index (χ3n) is 6.54. The molecule has 0 radical (unpaired) electrons. The van der Waals surface area contributed by atoms with E-state index in [1.807, 2.05) is 25.2 Å². The van der Waals surface area contributed by atoms with Crippen LogP contribution < -0.4 is 16.0 Å². The van der Waals surface area contributed by atoms with Gasteiger partial charge in [0.2, 0.25) is 5.91 Å². The number of hydrogen-bond acceptors (Lipinski definition) is 4. The van der Waals surface area contributed by atoms with Crippen molar-refractivity contribution in [2.45, 2.75) is 52.5 Å². The second-order valence-corrected chi connectivity index (χ2v) is 9.68. The van der Waals surface area contributed by atoms with Gasteiger partial charge in [-0.2, -0.15) is 0 Å². The number of guanidine groups is 1. The van der Waals surface area contributed by atoms with Crippen LogP contribution in [0.15, 0.2) is 29.3 Å². The van der Waals surface area contributed by atoms with Crippen molar-refractivity contribution in [2.75, 3.05) is 51.8 Å². The fraction of sp³-hybridized carbons (Fsp3) is 0.680. The highest BCUT2D eigenvalue weighted by Gasteiger charge is 2.37. The van der Waals surface area contributed by atoms with Gasteiger partial charge >= 0.3 is 0 Å². The molecule has 1 aromatic carbocycles. The summed E-state index contributed by atoms with van der Waals surface area (Å²) in [5, 5.41) is 9.99. The number of anilines is 1. The van der Waals surface area contributed by atoms with Gasteiger partial charge in [-0.15, -0.1) is 24.0 Å². The molecule has 1 heterocycles. The van der Waals surface area contributed by atoms with Crippen molar-refractivity contribution in [3.63, 3.8) is 0 Å². The molecule has 8 heteroatoms. The zero-order valence-electron chi connectivity index (χ0n) is 20.5. The Labute approximate surface area is 216 Å². The smallest absolute Gasteiger partial charge is 0.225 e. The van der Waals surface area contributed by atoms with Crippen LogP contribution in [-0.4, -0.2) is 63.2 Å². The number of aliphatic imine (C=N–C) groups is 1. The molecule has 0 spiro atoms. The summed E-state index contributed by atoms with van der Waals surface area (Å²) in [5.41, 5.74) is 2.38. The van der Waals surface area contributed by atoms with E-state index in [4.69, 9.17) is 4.74 Å². The molecule has 0 unspecified atom stereocenters. The van der Waals surface area contributed by atoms with Gasteiger partial charge in [-0.25, -0.2) is 0 Å². The summed E-state index contributed by atoms with van der Waals surface area (Å²) in [7, 11) is 1.82. The first-order valence-corrected chi connectivity index (χ1v) is 12.1. The molecular formula is C25H42IN5O2. The maximum absolute atomic E-state index is 12.4. The quantitative estimate of drug-likeness (QED) is 0.226. The van der Waals surface area contributed by atoms with E-state index in [-0.39, 0.29) is 29.9 Å². The van der Waals surface area contributed by atoms with Gasteiger partial charge in [0.1, 0.15) is 0 Å². The van der Waals surface area contributed by atoms with Crippen molar-refractivity contribution in [3.05, 3.63) is 29.8 Å². The van der Waals surface area contributed by atoms with Crippen molar-refractivity contribution in [2.24, 2.45) is 16.3 Å². The molecule has 1 saturated carbocycles. The number of halogens is 1. The average molecular weight is 572 g/mol. The lowest BCUT2D eigenvalue weighted by atomic mass is 9.64. The van der Waals surface area contributed by atoms with Crippen LogP contribution in [0.5, 0.6) is 0 Å². The van der Waals surface area contributed by atoms with Gasteiger partial charge in [0.05, 0.1) is 13.2 Å². The zero-order chi connectivity index (χ0) is 22.8. The lowest BCUT2D eigenvalue weighted by molar-refractivity contribution is -0.116. The Balaban J connectivity index is 0.00000385. The van der Waals surface area contributed by atoms with E-state index >= 15 is 0 Å². The van der Waals surface area contributed by atoms with Crippen molar-refractivity contribution in [1.29, 1.82) is 0 Å². The van der Waals surface area contributed by atoms with E-state index in [1.54, 1.807) is 0 Å². The number of morpholine rings is 1. The van der Waals surface area contributed by atoms with Crippen molar-refractivity contribution >= 4 is 41.5 Å². The largest absolute Gasteiger partial charge is 0.379 e. The second kappa shape index (κ2) is 14.1. The predicted molar refractivity (Wildman–Crippen MR) is 146 cm³/mol. The minimum Gasteiger partial charge on any atom is -0.379 e. The molecular weight excluding hydrogens is 529 g/mol. The Morgan fingerprint density at radius 3 is 2.61 bits per heavy atom. The van der Waals surface area contributed by atoms with Crippen molar-refractivity contribution in [1.82, 2.24) is 15.5 Å². The predicted octanol–water partition coefficient (Wildman–Crippen LogP) is 3.85. The van der Waals surface area contributed by atoms with E-state index in [9.17, 15) is 4.79 Å². The summed E-state index contributed by atoms with van der Waals surface area (Å²) < 4.78 is 5.36. The number of hydrogen-bond donors (Lipinski definition) is 3. The monoisotopic (exact) mass is 571 g/mol. The summed E-state index contributed by atoms with van der Waals surface area (Å²) in [5.74, 6) is 1.61. The molecule has 0 aromatic heterocycles. The van der Waals surface area contributed by atoms with Crippen LogP contribution in [0.1, 0.15) is 51.5 Å². The average Bonchev–Trinajstić information content (AvgIpc) is 2.76. The van der Waals surface area contributed by atoms with Gasteiger partial charge in [-0.1, -0.05) is 32.4 Å². The number of carbonyl (C=O) groups is 1. The second-order valence-electron chi connectivity index (χ2n) is 9.68. The van der Waals surface area contributed by atoms with E-state index in [0.717, 1.165) is 62.5 Å². The van der Waals surface area contributed by atoms with Crippen LogP contribution in [0.4, 0.5) is 5.69 Å². The lowest BCUT2D eigenvalue weighted by Gasteiger charge is -2.43. The summed E-state index contributed by atoms with van der Waals surface area (Å²) in [6.45, 7) is 10.4. The minimum atomic E-state index is 0. The van der Waals surface area contributed by atoms with Crippen LogP contribution in [0, 0.1) is 11.3 Å². The number of nitrogens with zero attached hydrogens (tertiary/aromatic N) is 2. The molecule has 0 bridgehead atoms. The lowest BCUT2D eigenvalue weighted by Crippen LogP contribution is -2.46. The van der Waals surface area contributed by atoms with Crippen LogP contribution in [0.2, 0.25) is 0 Å². The first-order chi connectivity index (χ1) is 15.5. The Bertz CT molecular complexity index is 761. The molecule has 2 aliphatic rings. The van der Waals surface area contributed by atoms with Gasteiger partial charge in [0, 0.05) is 51.9 Å². The van der Waals surface area contributed by atoms with E-state index in [0.29, 0.717) is 18.4 Å². The van der Waals surface area contributed by atoms with Gasteiger partial charge in [0.25, 0.3) is 0 Å². The molecule has 7 nitrogen and oxygen atoms in total. The highest BCUT2D eigenvalue weighted by molar-refractivity contribution is 14.0. The molecule has 1 aliphatic carbocycles. The van der Waals surface area contributed by atoms with Crippen LogP contribution in [0.3, 0.4) is 0 Å². The number of benzene rings is 1. The molecule has 3 N–H and O–H groups in total.